The van der Waals surface area contributed by atoms with Gasteiger partial charge in [0, 0.05) is 6.54 Å². The van der Waals surface area contributed by atoms with Gasteiger partial charge in [-0.2, -0.15) is 0 Å². The molecule has 2 aromatic carbocycles. The van der Waals surface area contributed by atoms with Crippen LogP contribution in [0.3, 0.4) is 0 Å². The molecule has 0 radical (unpaired) electrons. The summed E-state index contributed by atoms with van der Waals surface area (Å²) in [5, 5.41) is 14.1. The van der Waals surface area contributed by atoms with Crippen molar-refractivity contribution in [2.75, 3.05) is 5.32 Å². The number of rotatable bonds is 7. The van der Waals surface area contributed by atoms with Gasteiger partial charge in [-0.3, -0.25) is 10.1 Å². The minimum absolute atomic E-state index is 0.0988. The first kappa shape index (κ1) is 18.1. The van der Waals surface area contributed by atoms with Crippen LogP contribution in [0.25, 0.3) is 5.57 Å². The fourth-order valence-corrected chi connectivity index (χ4v) is 2.27. The number of hydrogen-bond donors (Lipinski definition) is 1. The molecule has 0 bridgehead atoms. The minimum Gasteiger partial charge on any atom is -0.379 e. The number of benzene rings is 2. The molecular weight excluding hydrogens is 326 g/mol. The van der Waals surface area contributed by atoms with Crippen LogP contribution < -0.4 is 5.32 Å². The van der Waals surface area contributed by atoms with E-state index in [1.165, 1.54) is 30.4 Å². The predicted octanol–water partition coefficient (Wildman–Crippen LogP) is 5.24. The molecule has 0 saturated carbocycles. The molecule has 0 atom stereocenters. The van der Waals surface area contributed by atoms with E-state index < -0.39 is 10.7 Å². The maximum absolute atomic E-state index is 14.2. The average Bonchev–Trinajstić information content (AvgIpc) is 2.60. The second-order valence-electron chi connectivity index (χ2n) is 5.15. The number of nitro groups is 1. The van der Waals surface area contributed by atoms with E-state index in [9.17, 15) is 18.9 Å². The molecule has 0 aliphatic rings. The number of nitro benzene ring substituents is 1. The number of nitrogens with zero attached hydrogens (tertiary/aromatic N) is 1. The zero-order chi connectivity index (χ0) is 18.4. The van der Waals surface area contributed by atoms with E-state index in [0.717, 1.165) is 11.6 Å². The van der Waals surface area contributed by atoms with E-state index in [1.54, 1.807) is 18.2 Å². The third-order valence-electron chi connectivity index (χ3n) is 3.51. The van der Waals surface area contributed by atoms with Crippen molar-refractivity contribution in [1.82, 2.24) is 0 Å². The highest BCUT2D eigenvalue weighted by Crippen LogP contribution is 2.32. The van der Waals surface area contributed by atoms with Crippen molar-refractivity contribution in [2.24, 2.45) is 0 Å². The fraction of sp³-hybridized carbons (Fsp3) is 0.0526. The lowest BCUT2D eigenvalue weighted by Crippen LogP contribution is -2.04. The van der Waals surface area contributed by atoms with Crippen molar-refractivity contribution >= 4 is 16.9 Å². The number of nitrogens with one attached hydrogen (secondary N) is 1. The summed E-state index contributed by atoms with van der Waals surface area (Å²) >= 11 is 0. The summed E-state index contributed by atoms with van der Waals surface area (Å²) in [6.45, 7) is 7.42. The van der Waals surface area contributed by atoms with E-state index in [-0.39, 0.29) is 29.3 Å². The first-order chi connectivity index (χ1) is 12.0. The van der Waals surface area contributed by atoms with Crippen LogP contribution in [0.2, 0.25) is 0 Å². The summed E-state index contributed by atoms with van der Waals surface area (Å²) in [6.07, 6.45) is 4.46. The molecule has 128 valence electrons. The van der Waals surface area contributed by atoms with Crippen LogP contribution in [0.1, 0.15) is 11.1 Å². The molecule has 0 unspecified atom stereocenters. The topological polar surface area (TPSA) is 55.2 Å². The van der Waals surface area contributed by atoms with Crippen molar-refractivity contribution in [3.63, 3.8) is 0 Å². The van der Waals surface area contributed by atoms with Crippen LogP contribution in [0.5, 0.6) is 0 Å². The van der Waals surface area contributed by atoms with Crippen LogP contribution >= 0.6 is 0 Å². The van der Waals surface area contributed by atoms with E-state index >= 15 is 0 Å². The summed E-state index contributed by atoms with van der Waals surface area (Å²) < 4.78 is 27.1. The lowest BCUT2D eigenvalue weighted by atomic mass is 10.0. The molecule has 2 rings (SSSR count). The second-order valence-corrected chi connectivity index (χ2v) is 5.15. The molecule has 4 nitrogen and oxygen atoms in total. The second kappa shape index (κ2) is 8.01. The van der Waals surface area contributed by atoms with Crippen molar-refractivity contribution < 1.29 is 13.7 Å². The average molecular weight is 342 g/mol. The van der Waals surface area contributed by atoms with Gasteiger partial charge in [0.1, 0.15) is 5.82 Å². The fourth-order valence-electron chi connectivity index (χ4n) is 2.27. The Morgan fingerprint density at radius 2 is 1.88 bits per heavy atom. The molecule has 0 saturated heterocycles. The Morgan fingerprint density at radius 1 is 1.20 bits per heavy atom. The molecule has 0 aliphatic carbocycles. The normalized spacial score (nSPS) is 11.0. The van der Waals surface area contributed by atoms with Gasteiger partial charge in [0.05, 0.1) is 22.2 Å². The Kier molecular flexibility index (Phi) is 5.79. The SMILES string of the molecule is C=C/C=C(\C=C)c1cc(NCc2ccc(F)cc2)c(F)cc1[N+](=O)[O-]. The lowest BCUT2D eigenvalue weighted by molar-refractivity contribution is -0.385. The lowest BCUT2D eigenvalue weighted by Gasteiger charge is -2.11. The standard InChI is InChI=1S/C19H16F2N2O2/c1-3-5-14(4-2)16-10-18(17(21)11-19(16)23(24)25)22-12-13-6-8-15(20)9-7-13/h3-11,22H,1-2,12H2/b14-5+. The Balaban J connectivity index is 2.39. The van der Waals surface area contributed by atoms with Gasteiger partial charge < -0.3 is 5.32 Å². The van der Waals surface area contributed by atoms with E-state index in [4.69, 9.17) is 0 Å². The number of anilines is 1. The highest BCUT2D eigenvalue weighted by molar-refractivity contribution is 5.82. The Bertz CT molecular complexity index is 843. The van der Waals surface area contributed by atoms with Crippen molar-refractivity contribution in [3.05, 3.63) is 101 Å². The maximum Gasteiger partial charge on any atom is 0.280 e. The maximum atomic E-state index is 14.2. The number of halogens is 2. The first-order valence-electron chi connectivity index (χ1n) is 7.38. The van der Waals surface area contributed by atoms with Gasteiger partial charge in [0.2, 0.25) is 0 Å². The zero-order valence-electron chi connectivity index (χ0n) is 13.3. The monoisotopic (exact) mass is 342 g/mol. The molecule has 0 fully saturated rings. The molecular formula is C19H16F2N2O2. The predicted molar refractivity (Wildman–Crippen MR) is 95.2 cm³/mol. The van der Waals surface area contributed by atoms with Gasteiger partial charge in [-0.1, -0.05) is 43.5 Å². The van der Waals surface area contributed by atoms with Crippen molar-refractivity contribution in [2.45, 2.75) is 6.54 Å². The molecule has 0 heterocycles. The molecule has 0 aromatic heterocycles. The summed E-state index contributed by atoms with van der Waals surface area (Å²) in [5.41, 5.74) is 1.15. The van der Waals surface area contributed by atoms with Crippen LogP contribution in [-0.2, 0) is 6.54 Å². The Hall–Kier alpha value is -3.28. The third-order valence-corrected chi connectivity index (χ3v) is 3.51. The van der Waals surface area contributed by atoms with Gasteiger partial charge in [-0.05, 0) is 29.3 Å². The molecule has 25 heavy (non-hydrogen) atoms. The van der Waals surface area contributed by atoms with E-state index in [0.29, 0.717) is 5.57 Å². The molecule has 6 heteroatoms. The Morgan fingerprint density at radius 3 is 2.44 bits per heavy atom. The zero-order valence-corrected chi connectivity index (χ0v) is 13.3. The third kappa shape index (κ3) is 4.38. The van der Waals surface area contributed by atoms with E-state index in [2.05, 4.69) is 18.5 Å². The summed E-state index contributed by atoms with van der Waals surface area (Å²) in [6, 6.07) is 7.96. The summed E-state index contributed by atoms with van der Waals surface area (Å²) in [5.74, 6) is -1.11. The first-order valence-corrected chi connectivity index (χ1v) is 7.38. The Labute approximate surface area is 144 Å². The highest BCUT2D eigenvalue weighted by Gasteiger charge is 2.20. The van der Waals surface area contributed by atoms with Crippen LogP contribution in [0.4, 0.5) is 20.2 Å². The van der Waals surface area contributed by atoms with Crippen LogP contribution in [0, 0.1) is 21.7 Å². The van der Waals surface area contributed by atoms with Crippen LogP contribution in [0.15, 0.2) is 67.8 Å². The molecule has 0 amide bonds. The largest absolute Gasteiger partial charge is 0.379 e. The van der Waals surface area contributed by atoms with Gasteiger partial charge in [0.15, 0.2) is 5.82 Å². The van der Waals surface area contributed by atoms with E-state index in [1.807, 2.05) is 0 Å². The number of allylic oxidation sites excluding steroid dienone is 4. The van der Waals surface area contributed by atoms with Gasteiger partial charge >= 0.3 is 0 Å². The minimum atomic E-state index is -0.750. The molecule has 2 aromatic rings. The van der Waals surface area contributed by atoms with Crippen LogP contribution in [-0.4, -0.2) is 4.92 Å². The van der Waals surface area contributed by atoms with Gasteiger partial charge in [-0.25, -0.2) is 8.78 Å². The smallest absolute Gasteiger partial charge is 0.280 e. The molecule has 0 spiro atoms. The molecule has 0 aliphatic heterocycles. The van der Waals surface area contributed by atoms with Crippen molar-refractivity contribution in [1.29, 1.82) is 0 Å². The van der Waals surface area contributed by atoms with Gasteiger partial charge in [0.25, 0.3) is 5.69 Å². The molecule has 1 N–H and O–H groups in total. The summed E-state index contributed by atoms with van der Waals surface area (Å²) in [4.78, 5) is 10.6. The quantitative estimate of drug-likeness (QED) is 0.425. The summed E-state index contributed by atoms with van der Waals surface area (Å²) in [7, 11) is 0. The van der Waals surface area contributed by atoms with Gasteiger partial charge in [-0.15, -0.1) is 0 Å². The number of hydrogen-bond acceptors (Lipinski definition) is 3. The van der Waals surface area contributed by atoms with Crippen molar-refractivity contribution in [3.8, 4) is 0 Å². The highest BCUT2D eigenvalue weighted by atomic mass is 19.1.